The minimum absolute atomic E-state index is 0.0987. The van der Waals surface area contributed by atoms with E-state index in [0.29, 0.717) is 24.0 Å². The van der Waals surface area contributed by atoms with Gasteiger partial charge in [-0.15, -0.1) is 0 Å². The minimum Gasteiger partial charge on any atom is -0.477 e. The molecule has 1 amide bonds. The van der Waals surface area contributed by atoms with Crippen LogP contribution < -0.4 is 14.8 Å². The highest BCUT2D eigenvalue weighted by Crippen LogP contribution is 2.35. The molecule has 1 aromatic carbocycles. The van der Waals surface area contributed by atoms with E-state index in [1.807, 2.05) is 12.1 Å². The molecule has 0 spiro atoms. The summed E-state index contributed by atoms with van der Waals surface area (Å²) in [7, 11) is 0. The van der Waals surface area contributed by atoms with Gasteiger partial charge in [-0.05, 0) is 88.3 Å². The van der Waals surface area contributed by atoms with E-state index in [2.05, 4.69) is 29.9 Å². The molecule has 2 aromatic heterocycles. The van der Waals surface area contributed by atoms with E-state index < -0.39 is 23.6 Å². The van der Waals surface area contributed by atoms with E-state index in [1.54, 1.807) is 25.1 Å². The lowest BCUT2D eigenvalue weighted by molar-refractivity contribution is 0.0924. The molecule has 40 heavy (non-hydrogen) atoms. The van der Waals surface area contributed by atoms with Gasteiger partial charge in [0.1, 0.15) is 0 Å². The zero-order valence-corrected chi connectivity index (χ0v) is 23.4. The van der Waals surface area contributed by atoms with Crippen LogP contribution in [0.4, 0.5) is 14.5 Å². The van der Waals surface area contributed by atoms with Crippen LogP contribution in [0.5, 0.6) is 5.88 Å². The highest BCUT2D eigenvalue weighted by Gasteiger charge is 2.25. The fraction of sp³-hybridized carbons (Fsp3) is 0.448. The maximum Gasteiger partial charge on any atom is 0.254 e. The van der Waals surface area contributed by atoms with Crippen LogP contribution in [0, 0.1) is 11.6 Å². The van der Waals surface area contributed by atoms with E-state index in [1.165, 1.54) is 43.8 Å². The maximum absolute atomic E-state index is 15.3. The molecule has 1 aliphatic heterocycles. The molecule has 1 saturated carbocycles. The molecule has 0 bridgehead atoms. The van der Waals surface area contributed by atoms with Crippen molar-refractivity contribution in [2.45, 2.75) is 56.7 Å². The summed E-state index contributed by atoms with van der Waals surface area (Å²) in [5.74, 6) is -2.90. The Morgan fingerprint density at radius 3 is 2.75 bits per heavy atom. The fourth-order valence-electron chi connectivity index (χ4n) is 4.68. The zero-order chi connectivity index (χ0) is 27.9. The summed E-state index contributed by atoms with van der Waals surface area (Å²) in [6.07, 6.45) is 11.0. The number of carbonyl (C=O) groups is 1. The number of carbonyl (C=O) groups excluding carboxylic acids is 1. The van der Waals surface area contributed by atoms with Crippen LogP contribution in [0.25, 0.3) is 11.3 Å². The van der Waals surface area contributed by atoms with Crippen LogP contribution in [0.2, 0.25) is 0 Å². The smallest absolute Gasteiger partial charge is 0.254 e. The van der Waals surface area contributed by atoms with Crippen LogP contribution in [-0.4, -0.2) is 57.3 Å². The van der Waals surface area contributed by atoms with E-state index in [0.717, 1.165) is 38.2 Å². The van der Waals surface area contributed by atoms with Crippen LogP contribution in [0.3, 0.4) is 0 Å². The number of anilines is 1. The SMILES string of the molecule is CCOc1cncc(-c2ccc(C(=O)NC(CCN3CCCCC3)c3cc(NSC4CC4)ccn3)c(F)c2F)n1. The maximum atomic E-state index is 15.3. The molecule has 1 saturated heterocycles. The lowest BCUT2D eigenvalue weighted by Gasteiger charge is -2.28. The van der Waals surface area contributed by atoms with Crippen molar-refractivity contribution in [2.75, 3.05) is 31.0 Å². The van der Waals surface area contributed by atoms with Crippen molar-refractivity contribution in [2.24, 2.45) is 0 Å². The monoisotopic (exact) mass is 568 g/mol. The number of nitrogens with one attached hydrogen (secondary N) is 2. The number of benzene rings is 1. The van der Waals surface area contributed by atoms with Gasteiger partial charge >= 0.3 is 0 Å². The molecule has 8 nitrogen and oxygen atoms in total. The lowest BCUT2D eigenvalue weighted by atomic mass is 10.0. The minimum atomic E-state index is -1.24. The Morgan fingerprint density at radius 1 is 1.15 bits per heavy atom. The standard InChI is InChI=1S/C29H34F2N6O2S/c1-2-39-26-18-32-17-25(34-26)21-8-9-22(28(31)27(21)30)29(38)35-23(11-15-37-13-4-3-5-14-37)24-16-19(10-12-33-24)36-40-20-6-7-20/h8-10,12,16-18,20,23H,2-7,11,13-15H2,1H3,(H,33,36)(H,35,38). The van der Waals surface area contributed by atoms with Gasteiger partial charge in [-0.3, -0.25) is 14.8 Å². The summed E-state index contributed by atoms with van der Waals surface area (Å²) in [5, 5.41) is 3.55. The number of ether oxygens (including phenoxy) is 1. The van der Waals surface area contributed by atoms with Gasteiger partial charge in [-0.25, -0.2) is 13.8 Å². The van der Waals surface area contributed by atoms with Crippen molar-refractivity contribution in [1.82, 2.24) is 25.2 Å². The van der Waals surface area contributed by atoms with E-state index in [4.69, 9.17) is 4.74 Å². The van der Waals surface area contributed by atoms with Crippen molar-refractivity contribution >= 4 is 23.5 Å². The Labute approximate surface area is 237 Å². The average Bonchev–Trinajstić information content (AvgIpc) is 3.81. The van der Waals surface area contributed by atoms with Gasteiger partial charge in [0.25, 0.3) is 5.91 Å². The summed E-state index contributed by atoms with van der Waals surface area (Å²) in [6.45, 7) is 4.95. The van der Waals surface area contributed by atoms with E-state index >= 15 is 8.78 Å². The third-order valence-electron chi connectivity index (χ3n) is 7.00. The third-order valence-corrected chi connectivity index (χ3v) is 8.16. The quantitative estimate of drug-likeness (QED) is 0.266. The van der Waals surface area contributed by atoms with Crippen LogP contribution in [0.1, 0.15) is 67.5 Å². The first kappa shape index (κ1) is 28.2. The first-order chi connectivity index (χ1) is 19.5. The highest BCUT2D eigenvalue weighted by atomic mass is 32.2. The summed E-state index contributed by atoms with van der Waals surface area (Å²) in [4.78, 5) is 28.4. The molecule has 0 radical (unpaired) electrons. The number of aromatic nitrogens is 3. The lowest BCUT2D eigenvalue weighted by Crippen LogP contribution is -2.35. The number of hydrogen-bond donors (Lipinski definition) is 2. The molecule has 212 valence electrons. The van der Waals surface area contributed by atoms with Crippen LogP contribution in [-0.2, 0) is 0 Å². The van der Waals surface area contributed by atoms with Gasteiger partial charge in [0.15, 0.2) is 11.6 Å². The fourth-order valence-corrected chi connectivity index (χ4v) is 5.48. The number of rotatable bonds is 12. The highest BCUT2D eigenvalue weighted by molar-refractivity contribution is 8.01. The molecule has 5 rings (SSSR count). The number of likely N-dealkylation sites (tertiary alicyclic amines) is 1. The Hall–Kier alpha value is -3.31. The van der Waals surface area contributed by atoms with Gasteiger partial charge in [-0.1, -0.05) is 6.42 Å². The topological polar surface area (TPSA) is 92.3 Å². The van der Waals surface area contributed by atoms with Crippen molar-refractivity contribution < 1.29 is 18.3 Å². The van der Waals surface area contributed by atoms with Crippen LogP contribution >= 0.6 is 11.9 Å². The van der Waals surface area contributed by atoms with Crippen molar-refractivity contribution in [3.05, 3.63) is 65.7 Å². The largest absolute Gasteiger partial charge is 0.477 e. The number of nitrogens with zero attached hydrogens (tertiary/aromatic N) is 4. The van der Waals surface area contributed by atoms with Crippen LogP contribution in [0.15, 0.2) is 42.9 Å². The molecule has 3 aromatic rings. The molecule has 2 aliphatic rings. The van der Waals surface area contributed by atoms with Gasteiger partial charge in [0, 0.05) is 29.2 Å². The summed E-state index contributed by atoms with van der Waals surface area (Å²) in [6, 6.07) is 5.95. The summed E-state index contributed by atoms with van der Waals surface area (Å²) >= 11 is 1.69. The van der Waals surface area contributed by atoms with E-state index in [9.17, 15) is 4.79 Å². The van der Waals surface area contributed by atoms with Gasteiger partial charge in [-0.2, -0.15) is 0 Å². The number of amides is 1. The Kier molecular flexibility index (Phi) is 9.43. The van der Waals surface area contributed by atoms with E-state index in [-0.39, 0.29) is 22.7 Å². The van der Waals surface area contributed by atoms with Crippen molar-refractivity contribution in [3.8, 4) is 17.1 Å². The predicted molar refractivity (Wildman–Crippen MR) is 152 cm³/mol. The molecular weight excluding hydrogens is 534 g/mol. The Balaban J connectivity index is 1.35. The second-order valence-electron chi connectivity index (χ2n) is 10.1. The Morgan fingerprint density at radius 2 is 1.98 bits per heavy atom. The normalized spacial score (nSPS) is 16.4. The van der Waals surface area contributed by atoms with Gasteiger partial charge < -0.3 is 19.7 Å². The predicted octanol–water partition coefficient (Wildman–Crippen LogP) is 5.79. The molecule has 3 heterocycles. The third kappa shape index (κ3) is 7.25. The summed E-state index contributed by atoms with van der Waals surface area (Å²) in [5.41, 5.74) is 1.21. The first-order valence-corrected chi connectivity index (χ1v) is 14.7. The molecule has 1 unspecified atom stereocenters. The number of piperidine rings is 1. The molecule has 11 heteroatoms. The van der Waals surface area contributed by atoms with Gasteiger partial charge in [0.2, 0.25) is 5.88 Å². The van der Waals surface area contributed by atoms with Crippen molar-refractivity contribution in [3.63, 3.8) is 0 Å². The Bertz CT molecular complexity index is 1320. The number of pyridine rings is 1. The summed E-state index contributed by atoms with van der Waals surface area (Å²) < 4.78 is 39.2. The first-order valence-electron chi connectivity index (χ1n) is 13.9. The molecule has 2 N–H and O–H groups in total. The second kappa shape index (κ2) is 13.4. The van der Waals surface area contributed by atoms with Crippen molar-refractivity contribution in [1.29, 1.82) is 0 Å². The number of hydrogen-bond acceptors (Lipinski definition) is 8. The number of halogens is 2. The molecular formula is C29H34F2N6O2S. The molecule has 2 fully saturated rings. The second-order valence-corrected chi connectivity index (χ2v) is 11.2. The average molecular weight is 569 g/mol. The molecule has 1 atom stereocenters. The zero-order valence-electron chi connectivity index (χ0n) is 22.5. The van der Waals surface area contributed by atoms with Gasteiger partial charge in [0.05, 0.1) is 42.0 Å². The molecule has 1 aliphatic carbocycles.